The summed E-state index contributed by atoms with van der Waals surface area (Å²) in [4.78, 5) is 17.0. The van der Waals surface area contributed by atoms with Gasteiger partial charge in [0.2, 0.25) is 0 Å². The largest absolute Gasteiger partial charge is 0.497 e. The Kier molecular flexibility index (Phi) is 6.68. The minimum atomic E-state index is 0.333. The second kappa shape index (κ2) is 10.2. The molecule has 9 nitrogen and oxygen atoms in total. The molecule has 0 saturated carbocycles. The van der Waals surface area contributed by atoms with Gasteiger partial charge >= 0.3 is 6.01 Å². The van der Waals surface area contributed by atoms with Crippen LogP contribution in [0, 0.1) is 6.92 Å². The summed E-state index contributed by atoms with van der Waals surface area (Å²) in [7, 11) is 1.66. The maximum absolute atomic E-state index is 5.99. The molecule has 5 rings (SSSR count). The SMILES string of the molecule is COc1cccc(-c2ccn(-c3cc(N4CCOCC4)nc(OCCc4scnc4C)n3)n2)c1. The van der Waals surface area contributed by atoms with Gasteiger partial charge < -0.3 is 19.1 Å². The van der Waals surface area contributed by atoms with E-state index in [0.29, 0.717) is 31.6 Å². The summed E-state index contributed by atoms with van der Waals surface area (Å²) in [5, 5.41) is 4.75. The van der Waals surface area contributed by atoms with Gasteiger partial charge in [0.25, 0.3) is 0 Å². The van der Waals surface area contributed by atoms with Gasteiger partial charge in [-0.2, -0.15) is 15.1 Å². The van der Waals surface area contributed by atoms with E-state index in [-0.39, 0.29) is 0 Å². The zero-order valence-electron chi connectivity index (χ0n) is 19.2. The lowest BCUT2D eigenvalue weighted by Crippen LogP contribution is -2.37. The molecule has 0 aliphatic carbocycles. The Labute approximate surface area is 202 Å². The van der Waals surface area contributed by atoms with Crippen molar-refractivity contribution in [2.24, 2.45) is 0 Å². The Bertz CT molecular complexity index is 1250. The number of hydrogen-bond acceptors (Lipinski definition) is 9. The molecule has 34 heavy (non-hydrogen) atoms. The van der Waals surface area contributed by atoms with E-state index in [1.807, 2.05) is 55.0 Å². The van der Waals surface area contributed by atoms with Crippen molar-refractivity contribution in [3.05, 3.63) is 58.7 Å². The molecule has 10 heteroatoms. The van der Waals surface area contributed by atoms with Gasteiger partial charge in [0.15, 0.2) is 5.82 Å². The van der Waals surface area contributed by atoms with Crippen molar-refractivity contribution in [3.8, 4) is 28.8 Å². The summed E-state index contributed by atoms with van der Waals surface area (Å²) < 4.78 is 18.6. The van der Waals surface area contributed by atoms with Crippen LogP contribution in [0.1, 0.15) is 10.6 Å². The summed E-state index contributed by atoms with van der Waals surface area (Å²) in [5.41, 5.74) is 4.69. The van der Waals surface area contributed by atoms with Gasteiger partial charge in [0.1, 0.15) is 11.6 Å². The number of anilines is 1. The van der Waals surface area contributed by atoms with Crippen molar-refractivity contribution in [1.29, 1.82) is 0 Å². The van der Waals surface area contributed by atoms with Crippen LogP contribution in [0.15, 0.2) is 48.1 Å². The third-order valence-corrected chi connectivity index (χ3v) is 6.60. The molecule has 0 N–H and O–H groups in total. The first kappa shape index (κ1) is 22.3. The van der Waals surface area contributed by atoms with Crippen molar-refractivity contribution in [2.75, 3.05) is 44.9 Å². The van der Waals surface area contributed by atoms with Crippen LogP contribution in [0.2, 0.25) is 0 Å². The number of ether oxygens (including phenoxy) is 3. The molecule has 0 unspecified atom stereocenters. The van der Waals surface area contributed by atoms with Crippen LogP contribution in [0.4, 0.5) is 5.82 Å². The second-order valence-electron chi connectivity index (χ2n) is 7.80. The van der Waals surface area contributed by atoms with E-state index in [1.54, 1.807) is 23.1 Å². The number of methoxy groups -OCH3 is 1. The van der Waals surface area contributed by atoms with E-state index in [1.165, 1.54) is 4.88 Å². The summed E-state index contributed by atoms with van der Waals surface area (Å²) in [6.07, 6.45) is 2.66. The number of morpholine rings is 1. The molecule has 0 atom stereocenters. The van der Waals surface area contributed by atoms with E-state index in [9.17, 15) is 0 Å². The molecule has 3 aromatic heterocycles. The molecule has 0 spiro atoms. The minimum Gasteiger partial charge on any atom is -0.497 e. The fourth-order valence-corrected chi connectivity index (χ4v) is 4.49. The number of aromatic nitrogens is 5. The summed E-state index contributed by atoms with van der Waals surface area (Å²) in [5.74, 6) is 2.24. The summed E-state index contributed by atoms with van der Waals surface area (Å²) in [6.45, 7) is 5.36. The van der Waals surface area contributed by atoms with Crippen molar-refractivity contribution < 1.29 is 14.2 Å². The lowest BCUT2D eigenvalue weighted by molar-refractivity contribution is 0.122. The first-order chi connectivity index (χ1) is 16.7. The highest BCUT2D eigenvalue weighted by molar-refractivity contribution is 7.09. The van der Waals surface area contributed by atoms with Gasteiger partial charge in [-0.15, -0.1) is 11.3 Å². The van der Waals surface area contributed by atoms with Gasteiger partial charge in [-0.1, -0.05) is 12.1 Å². The van der Waals surface area contributed by atoms with Crippen LogP contribution < -0.4 is 14.4 Å². The number of nitrogens with zero attached hydrogens (tertiary/aromatic N) is 6. The molecule has 176 valence electrons. The predicted octanol–water partition coefficient (Wildman–Crippen LogP) is 3.56. The monoisotopic (exact) mass is 478 g/mol. The van der Waals surface area contributed by atoms with Crippen molar-refractivity contribution in [2.45, 2.75) is 13.3 Å². The molecule has 0 bridgehead atoms. The van der Waals surface area contributed by atoms with Gasteiger partial charge in [-0.05, 0) is 25.1 Å². The molecule has 1 aromatic carbocycles. The lowest BCUT2D eigenvalue weighted by atomic mass is 10.1. The lowest BCUT2D eigenvalue weighted by Gasteiger charge is -2.28. The van der Waals surface area contributed by atoms with Crippen molar-refractivity contribution in [1.82, 2.24) is 24.7 Å². The van der Waals surface area contributed by atoms with Crippen molar-refractivity contribution >= 4 is 17.2 Å². The standard InChI is InChI=1S/C24H26N6O3S/c1-17-21(34-16-25-17)7-11-33-24-26-22(29-9-12-32-13-10-29)15-23(27-24)30-8-6-20(28-30)18-4-3-5-19(14-18)31-2/h3-6,8,14-16H,7,9-13H2,1-2H3. The first-order valence-electron chi connectivity index (χ1n) is 11.1. The van der Waals surface area contributed by atoms with E-state index in [2.05, 4.69) is 19.9 Å². The average molecular weight is 479 g/mol. The van der Waals surface area contributed by atoms with E-state index < -0.39 is 0 Å². The molecule has 1 aliphatic rings. The highest BCUT2D eigenvalue weighted by Gasteiger charge is 2.17. The molecular weight excluding hydrogens is 452 g/mol. The van der Waals surface area contributed by atoms with Crippen LogP contribution in [-0.4, -0.2) is 64.8 Å². The van der Waals surface area contributed by atoms with Crippen LogP contribution in [0.3, 0.4) is 0 Å². The third kappa shape index (κ3) is 5.02. The fourth-order valence-electron chi connectivity index (χ4n) is 3.73. The highest BCUT2D eigenvalue weighted by Crippen LogP contribution is 2.25. The Morgan fingerprint density at radius 2 is 1.94 bits per heavy atom. The van der Waals surface area contributed by atoms with E-state index in [4.69, 9.17) is 19.3 Å². The Morgan fingerprint density at radius 1 is 1.09 bits per heavy atom. The van der Waals surface area contributed by atoms with Gasteiger partial charge in [-0.3, -0.25) is 0 Å². The number of aryl methyl sites for hydroxylation is 1. The molecule has 1 fully saturated rings. The fraction of sp³-hybridized carbons (Fsp3) is 0.333. The van der Waals surface area contributed by atoms with Crippen LogP contribution >= 0.6 is 11.3 Å². The Morgan fingerprint density at radius 3 is 2.74 bits per heavy atom. The molecule has 4 aromatic rings. The molecule has 1 aliphatic heterocycles. The Balaban J connectivity index is 1.41. The molecule has 1 saturated heterocycles. The third-order valence-electron chi connectivity index (χ3n) is 5.61. The number of benzene rings is 1. The van der Waals surface area contributed by atoms with Gasteiger partial charge in [0.05, 0.1) is 43.8 Å². The predicted molar refractivity (Wildman–Crippen MR) is 130 cm³/mol. The van der Waals surface area contributed by atoms with E-state index in [0.717, 1.165) is 48.0 Å². The quantitative estimate of drug-likeness (QED) is 0.380. The van der Waals surface area contributed by atoms with Crippen molar-refractivity contribution in [3.63, 3.8) is 0 Å². The smallest absolute Gasteiger partial charge is 0.320 e. The maximum atomic E-state index is 5.99. The zero-order valence-corrected chi connectivity index (χ0v) is 20.0. The molecule has 0 amide bonds. The minimum absolute atomic E-state index is 0.333. The second-order valence-corrected chi connectivity index (χ2v) is 8.74. The zero-order chi connectivity index (χ0) is 23.3. The van der Waals surface area contributed by atoms with Crippen LogP contribution in [0.25, 0.3) is 17.1 Å². The van der Waals surface area contributed by atoms with E-state index >= 15 is 0 Å². The normalized spacial score (nSPS) is 13.8. The number of hydrogen-bond donors (Lipinski definition) is 0. The first-order valence-corrected chi connectivity index (χ1v) is 12.0. The highest BCUT2D eigenvalue weighted by atomic mass is 32.1. The summed E-state index contributed by atoms with van der Waals surface area (Å²) in [6, 6.07) is 12.1. The topological polar surface area (TPSA) is 87.4 Å². The van der Waals surface area contributed by atoms with Gasteiger partial charge in [-0.25, -0.2) is 9.67 Å². The van der Waals surface area contributed by atoms with Crippen LogP contribution in [0.5, 0.6) is 11.8 Å². The number of thiazole rings is 1. The van der Waals surface area contributed by atoms with Gasteiger partial charge in [0, 0.05) is 42.2 Å². The molecular formula is C24H26N6O3S. The molecule has 0 radical (unpaired) electrons. The Hall–Kier alpha value is -3.50. The maximum Gasteiger partial charge on any atom is 0.320 e. The molecule has 4 heterocycles. The summed E-state index contributed by atoms with van der Waals surface area (Å²) >= 11 is 1.64. The van der Waals surface area contributed by atoms with Crippen LogP contribution in [-0.2, 0) is 11.2 Å². The average Bonchev–Trinajstić information content (AvgIpc) is 3.54. The number of rotatable bonds is 8.